The molecule has 0 heterocycles. The molecule has 1 saturated carbocycles. The molecule has 0 amide bonds. The van der Waals surface area contributed by atoms with Crippen LogP contribution in [-0.2, 0) is 9.84 Å². The first-order valence-electron chi connectivity index (χ1n) is 6.41. The summed E-state index contributed by atoms with van der Waals surface area (Å²) < 4.78 is 23.7. The van der Waals surface area contributed by atoms with Crippen LogP contribution in [0.15, 0.2) is 0 Å². The van der Waals surface area contributed by atoms with Crippen LogP contribution in [0, 0.1) is 5.92 Å². The Morgan fingerprint density at radius 3 is 2.50 bits per heavy atom. The Labute approximate surface area is 99.9 Å². The molecular weight excluding hydrogens is 222 g/mol. The van der Waals surface area contributed by atoms with Crippen molar-refractivity contribution in [3.05, 3.63) is 0 Å². The van der Waals surface area contributed by atoms with Crippen LogP contribution in [0.4, 0.5) is 0 Å². The van der Waals surface area contributed by atoms with Gasteiger partial charge in [0.2, 0.25) is 0 Å². The van der Waals surface area contributed by atoms with Crippen molar-refractivity contribution in [2.24, 2.45) is 5.92 Å². The highest BCUT2D eigenvalue weighted by atomic mass is 32.2. The van der Waals surface area contributed by atoms with E-state index >= 15 is 0 Å². The second-order valence-electron chi connectivity index (χ2n) is 5.10. The molecule has 96 valence electrons. The van der Waals surface area contributed by atoms with Crippen molar-refractivity contribution >= 4 is 9.84 Å². The summed E-state index contributed by atoms with van der Waals surface area (Å²) in [6, 6.07) is 0.418. The molecule has 0 aromatic heterocycles. The molecule has 0 saturated heterocycles. The lowest BCUT2D eigenvalue weighted by Crippen LogP contribution is -2.23. The van der Waals surface area contributed by atoms with Crippen LogP contribution >= 0.6 is 0 Å². The Morgan fingerprint density at radius 1 is 1.31 bits per heavy atom. The third kappa shape index (κ3) is 5.30. The zero-order chi connectivity index (χ0) is 12.0. The topological polar surface area (TPSA) is 46.2 Å². The molecule has 3 nitrogen and oxygen atoms in total. The Hall–Kier alpha value is -0.0900. The van der Waals surface area contributed by atoms with E-state index in [1.807, 2.05) is 7.05 Å². The van der Waals surface area contributed by atoms with Crippen LogP contribution in [0.3, 0.4) is 0 Å². The minimum atomic E-state index is -2.80. The normalized spacial score (nSPS) is 20.1. The predicted octanol–water partition coefficient (Wildman–Crippen LogP) is 1.98. The lowest BCUT2D eigenvalue weighted by atomic mass is 10.1. The van der Waals surface area contributed by atoms with Crippen LogP contribution in [0.5, 0.6) is 0 Å². The number of sulfone groups is 1. The van der Waals surface area contributed by atoms with Crippen molar-refractivity contribution < 1.29 is 8.42 Å². The highest BCUT2D eigenvalue weighted by Gasteiger charge is 2.22. The highest BCUT2D eigenvalue weighted by Crippen LogP contribution is 2.26. The molecule has 0 bridgehead atoms. The lowest BCUT2D eigenvalue weighted by Gasteiger charge is -2.12. The Morgan fingerprint density at radius 2 is 1.94 bits per heavy atom. The van der Waals surface area contributed by atoms with Gasteiger partial charge < -0.3 is 5.32 Å². The summed E-state index contributed by atoms with van der Waals surface area (Å²) in [6.07, 6.45) is 6.41. The first-order chi connectivity index (χ1) is 7.53. The summed E-state index contributed by atoms with van der Waals surface area (Å²) in [5.41, 5.74) is 0. The van der Waals surface area contributed by atoms with Gasteiger partial charge in [-0.25, -0.2) is 8.42 Å². The van der Waals surface area contributed by atoms with Crippen molar-refractivity contribution in [1.82, 2.24) is 5.32 Å². The second kappa shape index (κ2) is 6.60. The number of nitrogens with one attached hydrogen (secondary N) is 1. The molecule has 1 unspecified atom stereocenters. The van der Waals surface area contributed by atoms with E-state index in [0.717, 1.165) is 25.7 Å². The molecule has 0 radical (unpaired) electrons. The summed E-state index contributed by atoms with van der Waals surface area (Å²) in [5, 5.41) is 3.13. The fourth-order valence-electron chi connectivity index (χ4n) is 2.37. The molecule has 1 rings (SSSR count). The van der Waals surface area contributed by atoms with Crippen LogP contribution in [0.25, 0.3) is 0 Å². The van der Waals surface area contributed by atoms with E-state index in [4.69, 9.17) is 0 Å². The maximum absolute atomic E-state index is 11.8. The van der Waals surface area contributed by atoms with Gasteiger partial charge in [0.1, 0.15) is 0 Å². The van der Waals surface area contributed by atoms with Crippen LogP contribution in [0.2, 0.25) is 0 Å². The standard InChI is InChI=1S/C12H25NO2S/c1-11(13-2)6-5-9-16(14,15)10-12-7-3-4-8-12/h11-13H,3-10H2,1-2H3. The van der Waals surface area contributed by atoms with Crippen molar-refractivity contribution in [3.63, 3.8) is 0 Å². The average molecular weight is 247 g/mol. The Balaban J connectivity index is 2.23. The van der Waals surface area contributed by atoms with E-state index in [1.54, 1.807) is 0 Å². The zero-order valence-corrected chi connectivity index (χ0v) is 11.4. The molecular formula is C12H25NO2S. The van der Waals surface area contributed by atoms with Crippen molar-refractivity contribution in [1.29, 1.82) is 0 Å². The van der Waals surface area contributed by atoms with E-state index in [2.05, 4.69) is 12.2 Å². The van der Waals surface area contributed by atoms with E-state index in [0.29, 0.717) is 23.5 Å². The lowest BCUT2D eigenvalue weighted by molar-refractivity contribution is 0.538. The van der Waals surface area contributed by atoms with Gasteiger partial charge in [-0.1, -0.05) is 12.8 Å². The maximum Gasteiger partial charge on any atom is 0.150 e. The predicted molar refractivity (Wildman–Crippen MR) is 68.4 cm³/mol. The summed E-state index contributed by atoms with van der Waals surface area (Å²) in [4.78, 5) is 0. The van der Waals surface area contributed by atoms with Gasteiger partial charge in [0.25, 0.3) is 0 Å². The molecule has 1 aliphatic carbocycles. The first-order valence-corrected chi connectivity index (χ1v) is 8.23. The molecule has 0 spiro atoms. The van der Waals surface area contributed by atoms with E-state index < -0.39 is 9.84 Å². The minimum Gasteiger partial charge on any atom is -0.317 e. The third-order valence-electron chi connectivity index (χ3n) is 3.55. The zero-order valence-electron chi connectivity index (χ0n) is 10.5. The van der Waals surface area contributed by atoms with Gasteiger partial charge in [-0.2, -0.15) is 0 Å². The van der Waals surface area contributed by atoms with Gasteiger partial charge in [-0.05, 0) is 45.6 Å². The van der Waals surface area contributed by atoms with Crippen LogP contribution < -0.4 is 5.32 Å². The minimum absolute atomic E-state index is 0.371. The smallest absolute Gasteiger partial charge is 0.150 e. The monoisotopic (exact) mass is 247 g/mol. The molecule has 1 aliphatic rings. The van der Waals surface area contributed by atoms with Crippen LogP contribution in [0.1, 0.15) is 45.4 Å². The Kier molecular flexibility index (Phi) is 5.76. The summed E-state index contributed by atoms with van der Waals surface area (Å²) in [5.74, 6) is 1.25. The van der Waals surface area contributed by atoms with Crippen molar-refractivity contribution in [3.8, 4) is 0 Å². The quantitative estimate of drug-likeness (QED) is 0.748. The molecule has 1 atom stereocenters. The summed E-state index contributed by atoms with van der Waals surface area (Å²) in [6.45, 7) is 2.09. The molecule has 1 N–H and O–H groups in total. The van der Waals surface area contributed by atoms with Gasteiger partial charge in [0.05, 0.1) is 11.5 Å². The fourth-order valence-corrected chi connectivity index (χ4v) is 4.20. The highest BCUT2D eigenvalue weighted by molar-refractivity contribution is 7.91. The molecule has 0 aromatic rings. The molecule has 0 aromatic carbocycles. The van der Waals surface area contributed by atoms with E-state index in [1.165, 1.54) is 12.8 Å². The van der Waals surface area contributed by atoms with Gasteiger partial charge in [-0.3, -0.25) is 0 Å². The number of hydrogen-bond donors (Lipinski definition) is 1. The molecule has 0 aliphatic heterocycles. The third-order valence-corrected chi connectivity index (χ3v) is 5.44. The maximum atomic E-state index is 11.8. The summed E-state index contributed by atoms with van der Waals surface area (Å²) >= 11 is 0. The van der Waals surface area contributed by atoms with Gasteiger partial charge in [0, 0.05) is 6.04 Å². The second-order valence-corrected chi connectivity index (χ2v) is 7.33. The Bertz CT molecular complexity index is 281. The SMILES string of the molecule is CNC(C)CCCS(=O)(=O)CC1CCCC1. The first kappa shape index (κ1) is 14.0. The number of rotatable bonds is 7. The van der Waals surface area contributed by atoms with Crippen molar-refractivity contribution in [2.75, 3.05) is 18.6 Å². The molecule has 1 fully saturated rings. The van der Waals surface area contributed by atoms with Gasteiger partial charge in [-0.15, -0.1) is 0 Å². The van der Waals surface area contributed by atoms with Gasteiger partial charge >= 0.3 is 0 Å². The molecule has 4 heteroatoms. The van der Waals surface area contributed by atoms with E-state index in [9.17, 15) is 8.42 Å². The number of hydrogen-bond acceptors (Lipinski definition) is 3. The largest absolute Gasteiger partial charge is 0.317 e. The summed E-state index contributed by atoms with van der Waals surface area (Å²) in [7, 11) is -0.882. The average Bonchev–Trinajstić information content (AvgIpc) is 2.69. The van der Waals surface area contributed by atoms with E-state index in [-0.39, 0.29) is 0 Å². The van der Waals surface area contributed by atoms with Gasteiger partial charge in [0.15, 0.2) is 9.84 Å². The van der Waals surface area contributed by atoms with Crippen LogP contribution in [-0.4, -0.2) is 33.0 Å². The molecule has 16 heavy (non-hydrogen) atoms. The fraction of sp³-hybridized carbons (Fsp3) is 1.00. The van der Waals surface area contributed by atoms with Crippen molar-refractivity contribution in [2.45, 2.75) is 51.5 Å².